The van der Waals surface area contributed by atoms with Crippen LogP contribution in [0.1, 0.15) is 28.9 Å². The van der Waals surface area contributed by atoms with Crippen molar-refractivity contribution in [3.63, 3.8) is 0 Å². The Labute approximate surface area is 119 Å². The summed E-state index contributed by atoms with van der Waals surface area (Å²) in [4.78, 5) is 12.0. The van der Waals surface area contributed by atoms with E-state index in [1.165, 1.54) is 5.56 Å². The number of rotatable bonds is 2. The summed E-state index contributed by atoms with van der Waals surface area (Å²) < 4.78 is 5.42. The van der Waals surface area contributed by atoms with Crippen molar-refractivity contribution >= 4 is 11.3 Å². The van der Waals surface area contributed by atoms with Crippen molar-refractivity contribution in [3.05, 3.63) is 39.9 Å². The highest BCUT2D eigenvalue weighted by Crippen LogP contribution is 2.27. The van der Waals surface area contributed by atoms with Crippen molar-refractivity contribution in [2.24, 2.45) is 0 Å². The Morgan fingerprint density at radius 3 is 3.20 bits per heavy atom. The lowest BCUT2D eigenvalue weighted by molar-refractivity contribution is 0.319. The van der Waals surface area contributed by atoms with Crippen molar-refractivity contribution in [1.82, 2.24) is 25.4 Å². The van der Waals surface area contributed by atoms with Gasteiger partial charge in [-0.05, 0) is 17.9 Å². The second kappa shape index (κ2) is 4.53. The number of nitrogens with zero attached hydrogens (tertiary/aromatic N) is 3. The molecule has 3 aromatic heterocycles. The summed E-state index contributed by atoms with van der Waals surface area (Å²) in [5.41, 5.74) is 4.42. The number of aromatic nitrogens is 4. The highest BCUT2D eigenvalue weighted by Gasteiger charge is 2.26. The number of aryl methyl sites for hydroxylation is 1. The van der Waals surface area contributed by atoms with Crippen LogP contribution in [0, 0.1) is 6.92 Å². The molecule has 4 heterocycles. The number of imidazole rings is 1. The molecule has 0 spiro atoms. The summed E-state index contributed by atoms with van der Waals surface area (Å²) in [5, 5.41) is 11.6. The van der Waals surface area contributed by atoms with Gasteiger partial charge in [-0.1, -0.05) is 5.16 Å². The Hall–Kier alpha value is -1.99. The van der Waals surface area contributed by atoms with Gasteiger partial charge in [0, 0.05) is 23.9 Å². The standard InChI is InChI=1S/C13H13N5OS/c1-7-4-20-5-8(7)12-17-13(19-18-12)10-2-9-11(3-14-10)16-6-15-9/h4-6,10,14H,2-3H2,1H3,(H,15,16). The molecule has 1 aliphatic rings. The number of H-pyrrole nitrogens is 1. The second-order valence-corrected chi connectivity index (χ2v) is 5.63. The van der Waals surface area contributed by atoms with Gasteiger partial charge < -0.3 is 9.51 Å². The summed E-state index contributed by atoms with van der Waals surface area (Å²) in [6.07, 6.45) is 2.49. The van der Waals surface area contributed by atoms with Gasteiger partial charge in [-0.2, -0.15) is 16.3 Å². The molecule has 0 saturated carbocycles. The van der Waals surface area contributed by atoms with E-state index in [4.69, 9.17) is 4.52 Å². The minimum absolute atomic E-state index is 0.0333. The van der Waals surface area contributed by atoms with Gasteiger partial charge in [0.2, 0.25) is 11.7 Å². The molecule has 1 aliphatic heterocycles. The van der Waals surface area contributed by atoms with Gasteiger partial charge in [-0.3, -0.25) is 5.32 Å². The molecule has 0 aromatic carbocycles. The molecule has 0 bridgehead atoms. The third-order valence-corrected chi connectivity index (χ3v) is 4.43. The molecule has 7 heteroatoms. The number of hydrogen-bond donors (Lipinski definition) is 2. The Bertz CT molecular complexity index is 743. The van der Waals surface area contributed by atoms with Gasteiger partial charge in [0.25, 0.3) is 0 Å². The predicted octanol–water partition coefficient (Wildman–Crippen LogP) is 2.22. The van der Waals surface area contributed by atoms with Gasteiger partial charge in [-0.15, -0.1) is 0 Å². The van der Waals surface area contributed by atoms with E-state index in [1.807, 2.05) is 5.38 Å². The predicted molar refractivity (Wildman–Crippen MR) is 74.2 cm³/mol. The lowest BCUT2D eigenvalue weighted by Crippen LogP contribution is -2.28. The lowest BCUT2D eigenvalue weighted by Gasteiger charge is -2.19. The molecule has 6 nitrogen and oxygen atoms in total. The monoisotopic (exact) mass is 287 g/mol. The Kier molecular flexibility index (Phi) is 2.68. The van der Waals surface area contributed by atoms with Crippen LogP contribution in [0.2, 0.25) is 0 Å². The van der Waals surface area contributed by atoms with Crippen LogP contribution in [0.25, 0.3) is 11.4 Å². The van der Waals surface area contributed by atoms with Gasteiger partial charge >= 0.3 is 0 Å². The Balaban J connectivity index is 1.62. The minimum atomic E-state index is 0.0333. The molecular formula is C13H13N5OS. The fraction of sp³-hybridized carbons (Fsp3) is 0.308. The van der Waals surface area contributed by atoms with E-state index >= 15 is 0 Å². The summed E-state index contributed by atoms with van der Waals surface area (Å²) in [7, 11) is 0. The molecule has 20 heavy (non-hydrogen) atoms. The number of thiophene rings is 1. The smallest absolute Gasteiger partial charge is 0.244 e. The Morgan fingerprint density at radius 1 is 1.40 bits per heavy atom. The van der Waals surface area contributed by atoms with Gasteiger partial charge in [0.1, 0.15) is 0 Å². The van der Waals surface area contributed by atoms with Crippen molar-refractivity contribution < 1.29 is 4.52 Å². The van der Waals surface area contributed by atoms with Crippen LogP contribution in [-0.4, -0.2) is 20.1 Å². The average Bonchev–Trinajstić information content (AvgIpc) is 3.17. The molecule has 0 radical (unpaired) electrons. The summed E-state index contributed by atoms with van der Waals surface area (Å²) >= 11 is 1.65. The first-order valence-electron chi connectivity index (χ1n) is 6.42. The van der Waals surface area contributed by atoms with E-state index in [9.17, 15) is 0 Å². The summed E-state index contributed by atoms with van der Waals surface area (Å²) in [6, 6.07) is 0.0333. The molecule has 102 valence electrons. The molecule has 1 unspecified atom stereocenters. The normalized spacial score (nSPS) is 18.1. The first-order valence-corrected chi connectivity index (χ1v) is 7.37. The largest absolute Gasteiger partial charge is 0.347 e. The van der Waals surface area contributed by atoms with Gasteiger partial charge in [0.15, 0.2) is 0 Å². The van der Waals surface area contributed by atoms with Crippen LogP contribution < -0.4 is 5.32 Å². The zero-order chi connectivity index (χ0) is 13.5. The van der Waals surface area contributed by atoms with E-state index in [-0.39, 0.29) is 6.04 Å². The van der Waals surface area contributed by atoms with Gasteiger partial charge in [0.05, 0.1) is 23.8 Å². The fourth-order valence-corrected chi connectivity index (χ4v) is 3.25. The molecule has 0 saturated heterocycles. The third kappa shape index (κ3) is 1.86. The molecule has 0 amide bonds. The average molecular weight is 287 g/mol. The van der Waals surface area contributed by atoms with Crippen LogP contribution in [0.15, 0.2) is 21.6 Å². The molecule has 2 N–H and O–H groups in total. The Morgan fingerprint density at radius 2 is 2.35 bits per heavy atom. The SMILES string of the molecule is Cc1cscc1-c1noc(C2Cc3nc[nH]c3CN2)n1. The molecule has 3 aromatic rings. The third-order valence-electron chi connectivity index (χ3n) is 3.57. The van der Waals surface area contributed by atoms with E-state index in [2.05, 4.69) is 37.7 Å². The van der Waals surface area contributed by atoms with E-state index in [0.717, 1.165) is 29.9 Å². The van der Waals surface area contributed by atoms with Crippen molar-refractivity contribution in [2.45, 2.75) is 25.9 Å². The van der Waals surface area contributed by atoms with Crippen LogP contribution in [0.3, 0.4) is 0 Å². The zero-order valence-corrected chi connectivity index (χ0v) is 11.7. The van der Waals surface area contributed by atoms with Crippen LogP contribution in [-0.2, 0) is 13.0 Å². The van der Waals surface area contributed by atoms with Crippen molar-refractivity contribution in [2.75, 3.05) is 0 Å². The first kappa shape index (κ1) is 11.8. The first-order chi connectivity index (χ1) is 9.81. The number of hydrogen-bond acceptors (Lipinski definition) is 6. The lowest BCUT2D eigenvalue weighted by atomic mass is 10.1. The van der Waals surface area contributed by atoms with Crippen LogP contribution in [0.5, 0.6) is 0 Å². The van der Waals surface area contributed by atoms with Crippen molar-refractivity contribution in [1.29, 1.82) is 0 Å². The summed E-state index contributed by atoms with van der Waals surface area (Å²) in [5.74, 6) is 1.28. The minimum Gasteiger partial charge on any atom is -0.347 e. The quantitative estimate of drug-likeness (QED) is 0.755. The topological polar surface area (TPSA) is 79.6 Å². The number of nitrogens with one attached hydrogen (secondary N) is 2. The molecule has 0 fully saturated rings. The van der Waals surface area contributed by atoms with Crippen molar-refractivity contribution in [3.8, 4) is 11.4 Å². The van der Waals surface area contributed by atoms with Crippen LogP contribution in [0.4, 0.5) is 0 Å². The van der Waals surface area contributed by atoms with Gasteiger partial charge in [-0.25, -0.2) is 4.98 Å². The highest BCUT2D eigenvalue weighted by atomic mass is 32.1. The maximum atomic E-state index is 5.42. The van der Waals surface area contributed by atoms with E-state index < -0.39 is 0 Å². The highest BCUT2D eigenvalue weighted by molar-refractivity contribution is 7.08. The molecule has 1 atom stereocenters. The number of aromatic amines is 1. The molecule has 4 rings (SSSR count). The van der Waals surface area contributed by atoms with Crippen LogP contribution >= 0.6 is 11.3 Å². The molecule has 0 aliphatic carbocycles. The van der Waals surface area contributed by atoms with E-state index in [0.29, 0.717) is 11.7 Å². The second-order valence-electron chi connectivity index (χ2n) is 4.89. The van der Waals surface area contributed by atoms with E-state index in [1.54, 1.807) is 17.7 Å². The maximum Gasteiger partial charge on any atom is 0.244 e. The summed E-state index contributed by atoms with van der Waals surface area (Å²) in [6.45, 7) is 2.80. The zero-order valence-electron chi connectivity index (χ0n) is 10.9. The number of fused-ring (bicyclic) bond motifs is 1. The maximum absolute atomic E-state index is 5.42. The fourth-order valence-electron chi connectivity index (χ4n) is 2.42. The molecular weight excluding hydrogens is 274 g/mol.